The van der Waals surface area contributed by atoms with Crippen molar-refractivity contribution in [3.63, 3.8) is 0 Å². The van der Waals surface area contributed by atoms with E-state index in [0.717, 1.165) is 44.6 Å². The van der Waals surface area contributed by atoms with Crippen LogP contribution in [0.2, 0.25) is 12.1 Å². The van der Waals surface area contributed by atoms with Crippen LogP contribution < -0.4 is 0 Å². The summed E-state index contributed by atoms with van der Waals surface area (Å²) >= 11 is 0. The van der Waals surface area contributed by atoms with Gasteiger partial charge in [-0.05, 0) is 66.0 Å². The van der Waals surface area contributed by atoms with Crippen LogP contribution in [0, 0.1) is 0 Å². The summed E-state index contributed by atoms with van der Waals surface area (Å²) < 4.78 is 33.4. The van der Waals surface area contributed by atoms with Crippen molar-refractivity contribution in [3.05, 3.63) is 0 Å². The molecule has 0 saturated carbocycles. The highest BCUT2D eigenvalue weighted by molar-refractivity contribution is 6.60. The Kier molecular flexibility index (Phi) is 17.7. The minimum atomic E-state index is -2.51. The summed E-state index contributed by atoms with van der Waals surface area (Å²) in [7, 11) is 9.31. The lowest BCUT2D eigenvalue weighted by atomic mass is 10.2. The Morgan fingerprint density at radius 3 is 1.13 bits per heavy atom. The Balaban J connectivity index is 4.56. The van der Waals surface area contributed by atoms with E-state index >= 15 is 0 Å². The normalized spacial score (nSPS) is 13.0. The van der Waals surface area contributed by atoms with Crippen molar-refractivity contribution in [2.75, 3.05) is 82.9 Å². The third kappa shape index (κ3) is 12.2. The van der Waals surface area contributed by atoms with Gasteiger partial charge in [-0.25, -0.2) is 0 Å². The zero-order valence-electron chi connectivity index (χ0n) is 20.8. The first kappa shape index (κ1) is 30.1. The molecule has 0 aromatic heterocycles. The largest absolute Gasteiger partial charge is 0.500 e. The summed E-state index contributed by atoms with van der Waals surface area (Å²) in [5.74, 6) is 0. The molecule has 0 atom stereocenters. The fourth-order valence-corrected chi connectivity index (χ4v) is 7.01. The zero-order valence-corrected chi connectivity index (χ0v) is 22.8. The lowest BCUT2D eigenvalue weighted by molar-refractivity contribution is 0.119. The molecule has 30 heavy (non-hydrogen) atoms. The summed E-state index contributed by atoms with van der Waals surface area (Å²) in [4.78, 5) is 4.79. The van der Waals surface area contributed by atoms with Crippen LogP contribution in [0.3, 0.4) is 0 Å². The maximum atomic E-state index is 5.56. The third-order valence-electron chi connectivity index (χ3n) is 5.61. The molecule has 0 radical (unpaired) electrons. The average molecular weight is 469 g/mol. The first-order valence-electron chi connectivity index (χ1n) is 11.0. The number of rotatable bonds is 21. The maximum absolute atomic E-state index is 5.56. The van der Waals surface area contributed by atoms with Gasteiger partial charge in [0.2, 0.25) is 0 Å². The van der Waals surface area contributed by atoms with Crippen LogP contribution in [-0.2, 0) is 26.6 Å². The van der Waals surface area contributed by atoms with Crippen LogP contribution in [0.15, 0.2) is 0 Å². The van der Waals surface area contributed by atoms with E-state index in [2.05, 4.69) is 23.9 Å². The second-order valence-electron chi connectivity index (χ2n) is 7.86. The highest BCUT2D eigenvalue weighted by Gasteiger charge is 2.38. The molecule has 0 heterocycles. The maximum Gasteiger partial charge on any atom is 0.500 e. The fraction of sp³-hybridized carbons (Fsp3) is 1.00. The summed E-state index contributed by atoms with van der Waals surface area (Å²) in [6.07, 6.45) is 7.01. The predicted molar refractivity (Wildman–Crippen MR) is 126 cm³/mol. The molecule has 182 valence electrons. The van der Waals surface area contributed by atoms with E-state index < -0.39 is 17.6 Å². The molecule has 10 heteroatoms. The molecule has 0 aliphatic heterocycles. The summed E-state index contributed by atoms with van der Waals surface area (Å²) in [5, 5.41) is 0. The van der Waals surface area contributed by atoms with E-state index in [0.29, 0.717) is 0 Å². The van der Waals surface area contributed by atoms with E-state index in [-0.39, 0.29) is 0 Å². The molecule has 0 aromatic carbocycles. The van der Waals surface area contributed by atoms with Crippen molar-refractivity contribution in [2.24, 2.45) is 0 Å². The molecule has 0 bridgehead atoms. The van der Waals surface area contributed by atoms with Crippen molar-refractivity contribution < 1.29 is 26.6 Å². The highest BCUT2D eigenvalue weighted by Crippen LogP contribution is 2.18. The van der Waals surface area contributed by atoms with Gasteiger partial charge in [0.15, 0.2) is 0 Å². The van der Waals surface area contributed by atoms with Gasteiger partial charge in [-0.15, -0.1) is 0 Å². The van der Waals surface area contributed by atoms with Gasteiger partial charge < -0.3 is 36.4 Å². The van der Waals surface area contributed by atoms with Crippen molar-refractivity contribution in [3.8, 4) is 0 Å². The van der Waals surface area contributed by atoms with Gasteiger partial charge in [-0.2, -0.15) is 0 Å². The quantitative estimate of drug-likeness (QED) is 0.188. The van der Waals surface area contributed by atoms with E-state index in [1.165, 1.54) is 32.2 Å². The molecule has 0 saturated heterocycles. The molecule has 0 aliphatic rings. The Hall–Kier alpha value is 0.114. The van der Waals surface area contributed by atoms with E-state index in [4.69, 9.17) is 26.6 Å². The van der Waals surface area contributed by atoms with E-state index in [1.54, 1.807) is 42.7 Å². The van der Waals surface area contributed by atoms with Gasteiger partial charge in [-0.3, -0.25) is 0 Å². The third-order valence-corrected chi connectivity index (χ3v) is 11.3. The fourth-order valence-electron chi connectivity index (χ4n) is 3.60. The van der Waals surface area contributed by atoms with Crippen molar-refractivity contribution in [2.45, 2.75) is 50.6 Å². The molecular formula is C20H48N2O6Si2. The van der Waals surface area contributed by atoms with Crippen molar-refractivity contribution >= 4 is 17.6 Å². The summed E-state index contributed by atoms with van der Waals surface area (Å²) in [5.41, 5.74) is 0. The van der Waals surface area contributed by atoms with Gasteiger partial charge in [0.1, 0.15) is 0 Å². The van der Waals surface area contributed by atoms with Gasteiger partial charge in [-0.1, -0.05) is 12.8 Å². The average Bonchev–Trinajstić information content (AvgIpc) is 2.76. The van der Waals surface area contributed by atoms with E-state index in [1.807, 2.05) is 0 Å². The van der Waals surface area contributed by atoms with E-state index in [9.17, 15) is 0 Å². The number of hydrogen-bond donors (Lipinski definition) is 0. The Morgan fingerprint density at radius 1 is 0.467 bits per heavy atom. The van der Waals surface area contributed by atoms with Crippen LogP contribution >= 0.6 is 0 Å². The summed E-state index contributed by atoms with van der Waals surface area (Å²) in [6, 6.07) is 1.64. The number of nitrogens with zero attached hydrogens (tertiary/aromatic N) is 2. The molecule has 8 nitrogen and oxygen atoms in total. The van der Waals surface area contributed by atoms with Crippen LogP contribution in [0.1, 0.15) is 38.5 Å². The van der Waals surface area contributed by atoms with Crippen molar-refractivity contribution in [1.29, 1.82) is 0 Å². The predicted octanol–water partition coefficient (Wildman–Crippen LogP) is 2.95. The molecule has 0 aliphatic carbocycles. The Bertz CT molecular complexity index is 357. The SMILES string of the molecule is CO[Si](CCCN(CCCCCCN(C)C)CCC[Si](OC)(OC)OC)(OC)OC. The number of unbranched alkanes of at least 4 members (excludes halogenated alkanes) is 3. The highest BCUT2D eigenvalue weighted by atomic mass is 28.4. The molecule has 0 amide bonds. The molecule has 0 N–H and O–H groups in total. The molecular weight excluding hydrogens is 420 g/mol. The van der Waals surface area contributed by atoms with Crippen LogP contribution in [-0.4, -0.2) is 110 Å². The van der Waals surface area contributed by atoms with Crippen LogP contribution in [0.4, 0.5) is 0 Å². The zero-order chi connectivity index (χ0) is 22.9. The standard InChI is InChI=1S/C20H48N2O6Si2/c1-21(2)15-11-9-10-12-16-22(17-13-19-29(23-3,24-4)25-5)18-14-20-30(26-6,27-7)28-8/h9-20H2,1-8H3. The van der Waals surface area contributed by atoms with Gasteiger partial charge in [0.25, 0.3) is 0 Å². The first-order chi connectivity index (χ1) is 14.4. The molecule has 0 spiro atoms. The Labute approximate surface area is 187 Å². The lowest BCUT2D eigenvalue weighted by Gasteiger charge is -2.28. The van der Waals surface area contributed by atoms with Crippen LogP contribution in [0.5, 0.6) is 0 Å². The minimum Gasteiger partial charge on any atom is -0.377 e. The molecule has 0 rings (SSSR count). The molecule has 0 fully saturated rings. The second kappa shape index (κ2) is 17.6. The monoisotopic (exact) mass is 468 g/mol. The van der Waals surface area contributed by atoms with Gasteiger partial charge in [0.05, 0.1) is 0 Å². The Morgan fingerprint density at radius 2 is 0.800 bits per heavy atom. The second-order valence-corrected chi connectivity index (χ2v) is 14.0. The minimum absolute atomic E-state index is 0.822. The first-order valence-corrected chi connectivity index (χ1v) is 14.9. The summed E-state index contributed by atoms with van der Waals surface area (Å²) in [6.45, 7) is 4.28. The smallest absolute Gasteiger partial charge is 0.377 e. The topological polar surface area (TPSA) is 61.9 Å². The number of hydrogen-bond acceptors (Lipinski definition) is 8. The molecule has 0 unspecified atom stereocenters. The molecule has 0 aromatic rings. The van der Waals surface area contributed by atoms with Crippen LogP contribution in [0.25, 0.3) is 0 Å². The lowest BCUT2D eigenvalue weighted by Crippen LogP contribution is -2.44. The van der Waals surface area contributed by atoms with Gasteiger partial charge in [0, 0.05) is 54.7 Å². The van der Waals surface area contributed by atoms with Gasteiger partial charge >= 0.3 is 17.6 Å². The van der Waals surface area contributed by atoms with Crippen molar-refractivity contribution in [1.82, 2.24) is 9.80 Å².